The average Bonchev–Trinajstić information content (AvgIpc) is 2.87. The number of benzene rings is 2. The van der Waals surface area contributed by atoms with E-state index in [0.29, 0.717) is 12.2 Å². The van der Waals surface area contributed by atoms with Gasteiger partial charge in [0.1, 0.15) is 11.9 Å². The van der Waals surface area contributed by atoms with Gasteiger partial charge in [0.15, 0.2) is 0 Å². The minimum atomic E-state index is -0.777. The maximum atomic E-state index is 11.5. The third kappa shape index (κ3) is 2.38. The molecule has 2 aromatic rings. The van der Waals surface area contributed by atoms with Crippen LogP contribution in [0.2, 0.25) is 0 Å². The monoisotopic (exact) mass is 283 g/mol. The number of aryl methyl sites for hydroxylation is 1. The fourth-order valence-electron chi connectivity index (χ4n) is 2.80. The summed E-state index contributed by atoms with van der Waals surface area (Å²) in [5.74, 6) is 0.648. The molecule has 0 radical (unpaired) electrons. The molecule has 4 heteroatoms. The predicted molar refractivity (Wildman–Crippen MR) is 80.6 cm³/mol. The summed E-state index contributed by atoms with van der Waals surface area (Å²) in [5.41, 5.74) is 4.26. The van der Waals surface area contributed by atoms with Crippen molar-refractivity contribution in [3.05, 3.63) is 58.7 Å². The van der Waals surface area contributed by atoms with Crippen LogP contribution in [0.4, 0.5) is 5.69 Å². The molecule has 0 saturated heterocycles. The number of carbonyl (C=O) groups excluding carboxylic acids is 1. The Labute approximate surface area is 123 Å². The molecular weight excluding hydrogens is 266 g/mol. The Morgan fingerprint density at radius 2 is 2.05 bits per heavy atom. The Morgan fingerprint density at radius 3 is 2.81 bits per heavy atom. The molecule has 21 heavy (non-hydrogen) atoms. The van der Waals surface area contributed by atoms with Crippen molar-refractivity contribution < 1.29 is 14.6 Å². The molecule has 0 aliphatic carbocycles. The van der Waals surface area contributed by atoms with E-state index >= 15 is 0 Å². The van der Waals surface area contributed by atoms with Gasteiger partial charge >= 0.3 is 0 Å². The predicted octanol–water partition coefficient (Wildman–Crippen LogP) is 2.58. The molecule has 1 heterocycles. The summed E-state index contributed by atoms with van der Waals surface area (Å²) in [4.78, 5) is 11.5. The number of fused-ring (bicyclic) bond motifs is 1. The van der Waals surface area contributed by atoms with E-state index in [4.69, 9.17) is 4.74 Å². The molecule has 0 bridgehead atoms. The average molecular weight is 283 g/mol. The van der Waals surface area contributed by atoms with Crippen LogP contribution in [-0.4, -0.2) is 18.1 Å². The van der Waals surface area contributed by atoms with Gasteiger partial charge in [-0.05, 0) is 29.7 Å². The van der Waals surface area contributed by atoms with Crippen LogP contribution in [0.15, 0.2) is 36.4 Å². The molecule has 1 amide bonds. The minimum absolute atomic E-state index is 0.00275. The zero-order valence-corrected chi connectivity index (χ0v) is 12.0. The van der Waals surface area contributed by atoms with Crippen LogP contribution in [0.25, 0.3) is 0 Å². The summed E-state index contributed by atoms with van der Waals surface area (Å²) in [6.45, 7) is 1.93. The molecule has 1 aliphatic rings. The number of rotatable bonds is 3. The van der Waals surface area contributed by atoms with Crippen LogP contribution in [0.3, 0.4) is 0 Å². The minimum Gasteiger partial charge on any atom is -0.496 e. The lowest BCUT2D eigenvalue weighted by atomic mass is 9.96. The molecule has 2 N–H and O–H groups in total. The first-order valence-electron chi connectivity index (χ1n) is 6.84. The van der Waals surface area contributed by atoms with Crippen LogP contribution in [0, 0.1) is 6.92 Å². The molecule has 0 aromatic heterocycles. The standard InChI is InChI=1S/C17H17NO3/c1-10-7-12(8-11-9-15(19)18-16(10)11)17(20)13-5-3-4-6-14(13)21-2/h3-8,17,20H,9H2,1-2H3,(H,18,19). The van der Waals surface area contributed by atoms with Crippen molar-refractivity contribution >= 4 is 11.6 Å². The maximum Gasteiger partial charge on any atom is 0.228 e. The molecule has 0 fully saturated rings. The first-order chi connectivity index (χ1) is 10.1. The molecule has 2 aromatic carbocycles. The van der Waals surface area contributed by atoms with E-state index in [9.17, 15) is 9.90 Å². The molecule has 108 valence electrons. The zero-order valence-electron chi connectivity index (χ0n) is 12.0. The summed E-state index contributed by atoms with van der Waals surface area (Å²) < 4.78 is 5.30. The number of ether oxygens (including phenoxy) is 1. The Balaban J connectivity index is 2.03. The van der Waals surface area contributed by atoms with Crippen LogP contribution in [0.5, 0.6) is 5.75 Å². The van der Waals surface area contributed by atoms with Crippen molar-refractivity contribution in [2.45, 2.75) is 19.4 Å². The largest absolute Gasteiger partial charge is 0.496 e. The number of aliphatic hydroxyl groups is 1. The van der Waals surface area contributed by atoms with Crippen LogP contribution in [-0.2, 0) is 11.2 Å². The molecule has 1 atom stereocenters. The fraction of sp³-hybridized carbons (Fsp3) is 0.235. The number of hydrogen-bond donors (Lipinski definition) is 2. The molecule has 1 aliphatic heterocycles. The molecule has 4 nitrogen and oxygen atoms in total. The van der Waals surface area contributed by atoms with E-state index < -0.39 is 6.10 Å². The Bertz CT molecular complexity index is 709. The normalized spacial score (nSPS) is 14.5. The summed E-state index contributed by atoms with van der Waals surface area (Å²) in [6, 6.07) is 11.2. The smallest absolute Gasteiger partial charge is 0.228 e. The quantitative estimate of drug-likeness (QED) is 0.910. The highest BCUT2D eigenvalue weighted by Crippen LogP contribution is 2.35. The van der Waals surface area contributed by atoms with Gasteiger partial charge in [0.25, 0.3) is 0 Å². The van der Waals surface area contributed by atoms with Crippen molar-refractivity contribution in [1.29, 1.82) is 0 Å². The third-order valence-electron chi connectivity index (χ3n) is 3.80. The number of anilines is 1. The van der Waals surface area contributed by atoms with E-state index in [1.807, 2.05) is 43.3 Å². The van der Waals surface area contributed by atoms with Crippen LogP contribution >= 0.6 is 0 Å². The van der Waals surface area contributed by atoms with Gasteiger partial charge in [-0.15, -0.1) is 0 Å². The van der Waals surface area contributed by atoms with Gasteiger partial charge in [-0.2, -0.15) is 0 Å². The number of amides is 1. The summed E-state index contributed by atoms with van der Waals surface area (Å²) in [7, 11) is 1.59. The van der Waals surface area contributed by atoms with Crippen LogP contribution < -0.4 is 10.1 Å². The first kappa shape index (κ1) is 13.6. The summed E-state index contributed by atoms with van der Waals surface area (Å²) in [5, 5.41) is 13.5. The topological polar surface area (TPSA) is 58.6 Å². The molecule has 0 saturated carbocycles. The number of nitrogens with one attached hydrogen (secondary N) is 1. The molecule has 0 spiro atoms. The second-order valence-corrected chi connectivity index (χ2v) is 5.24. The lowest BCUT2D eigenvalue weighted by Gasteiger charge is -2.17. The highest BCUT2D eigenvalue weighted by atomic mass is 16.5. The van der Waals surface area contributed by atoms with Gasteiger partial charge in [0, 0.05) is 11.3 Å². The van der Waals surface area contributed by atoms with E-state index in [0.717, 1.165) is 27.9 Å². The van der Waals surface area contributed by atoms with Gasteiger partial charge in [0.05, 0.1) is 13.5 Å². The number of methoxy groups -OCH3 is 1. The zero-order chi connectivity index (χ0) is 15.0. The SMILES string of the molecule is COc1ccccc1C(O)c1cc(C)c2c(c1)CC(=O)N2. The summed E-state index contributed by atoms with van der Waals surface area (Å²) in [6.07, 6.45) is -0.413. The highest BCUT2D eigenvalue weighted by Gasteiger charge is 2.23. The second kappa shape index (κ2) is 5.22. The lowest BCUT2D eigenvalue weighted by Crippen LogP contribution is -2.04. The van der Waals surface area contributed by atoms with E-state index in [2.05, 4.69) is 5.32 Å². The van der Waals surface area contributed by atoms with E-state index in [1.165, 1.54) is 0 Å². The van der Waals surface area contributed by atoms with Gasteiger partial charge < -0.3 is 15.2 Å². The number of aliphatic hydroxyl groups excluding tert-OH is 1. The summed E-state index contributed by atoms with van der Waals surface area (Å²) >= 11 is 0. The van der Waals surface area contributed by atoms with Gasteiger partial charge in [-0.3, -0.25) is 4.79 Å². The number of para-hydroxylation sites is 1. The van der Waals surface area contributed by atoms with Crippen molar-refractivity contribution in [3.63, 3.8) is 0 Å². The van der Waals surface area contributed by atoms with E-state index in [1.54, 1.807) is 7.11 Å². The Kier molecular flexibility index (Phi) is 3.39. The fourth-order valence-corrected chi connectivity index (χ4v) is 2.80. The molecular formula is C17H17NO3. The van der Waals surface area contributed by atoms with Crippen molar-refractivity contribution in [1.82, 2.24) is 0 Å². The van der Waals surface area contributed by atoms with Crippen molar-refractivity contribution in [3.8, 4) is 5.75 Å². The van der Waals surface area contributed by atoms with Crippen LogP contribution in [0.1, 0.15) is 28.4 Å². The lowest BCUT2D eigenvalue weighted by molar-refractivity contribution is -0.115. The highest BCUT2D eigenvalue weighted by molar-refractivity contribution is 6.00. The third-order valence-corrected chi connectivity index (χ3v) is 3.80. The van der Waals surface area contributed by atoms with Crippen molar-refractivity contribution in [2.24, 2.45) is 0 Å². The second-order valence-electron chi connectivity index (χ2n) is 5.24. The molecule has 1 unspecified atom stereocenters. The van der Waals surface area contributed by atoms with Gasteiger partial charge in [-0.1, -0.05) is 30.3 Å². The Morgan fingerprint density at radius 1 is 1.29 bits per heavy atom. The van der Waals surface area contributed by atoms with Gasteiger partial charge in [-0.25, -0.2) is 0 Å². The maximum absolute atomic E-state index is 11.5. The Hall–Kier alpha value is -2.33. The van der Waals surface area contributed by atoms with Gasteiger partial charge in [0.2, 0.25) is 5.91 Å². The van der Waals surface area contributed by atoms with E-state index in [-0.39, 0.29) is 5.91 Å². The number of hydrogen-bond acceptors (Lipinski definition) is 3. The molecule has 3 rings (SSSR count). The number of carbonyl (C=O) groups is 1. The first-order valence-corrected chi connectivity index (χ1v) is 6.84. The van der Waals surface area contributed by atoms with Crippen molar-refractivity contribution in [2.75, 3.05) is 12.4 Å².